The first kappa shape index (κ1) is 11.8. The van der Waals surface area contributed by atoms with Crippen LogP contribution in [0.3, 0.4) is 0 Å². The van der Waals surface area contributed by atoms with E-state index in [9.17, 15) is 10.2 Å². The van der Waals surface area contributed by atoms with Gasteiger partial charge in [0.25, 0.3) is 0 Å². The average Bonchev–Trinajstić information content (AvgIpc) is 2.11. The molecule has 0 aliphatic rings. The van der Waals surface area contributed by atoms with Crippen molar-refractivity contribution in [3.8, 4) is 0 Å². The Kier molecular flexibility index (Phi) is 6.28. The van der Waals surface area contributed by atoms with Crippen LogP contribution in [0, 0.1) is 0 Å². The first-order valence-corrected chi connectivity index (χ1v) is 4.40. The second-order valence-electron chi connectivity index (χ2n) is 2.74. The van der Waals surface area contributed by atoms with Crippen LogP contribution < -0.4 is 0 Å². The van der Waals surface area contributed by atoms with Crippen LogP contribution in [-0.4, -0.2) is 45.8 Å². The van der Waals surface area contributed by atoms with Gasteiger partial charge in [-0.15, -0.1) is 0 Å². The number of hydrogen-bond donors (Lipinski definition) is 3. The van der Waals surface area contributed by atoms with Crippen LogP contribution in [0.2, 0.25) is 0 Å². The number of rotatable bonds is 6. The highest BCUT2D eigenvalue weighted by Gasteiger charge is 2.19. The highest BCUT2D eigenvalue weighted by molar-refractivity contribution is 4.62. The predicted molar refractivity (Wildman–Crippen MR) is 46.4 cm³/mol. The second kappa shape index (κ2) is 6.37. The molecule has 0 amide bonds. The van der Waals surface area contributed by atoms with Crippen molar-refractivity contribution in [3.05, 3.63) is 0 Å². The van der Waals surface area contributed by atoms with Crippen molar-refractivity contribution in [2.75, 3.05) is 13.2 Å². The molecule has 2 atom stereocenters. The standard InChI is InChI=1S/C8H19NO3/c1-3-7(11)9(5-6-10)8(12)4-2/h7-8,10-12H,3-6H2,1-2H3. The van der Waals surface area contributed by atoms with Crippen LogP contribution in [0.1, 0.15) is 26.7 Å². The molecule has 0 bridgehead atoms. The smallest absolute Gasteiger partial charge is 0.109 e. The van der Waals surface area contributed by atoms with Gasteiger partial charge in [0.2, 0.25) is 0 Å². The molecule has 4 nitrogen and oxygen atoms in total. The first-order valence-electron chi connectivity index (χ1n) is 4.40. The zero-order valence-electron chi connectivity index (χ0n) is 7.77. The van der Waals surface area contributed by atoms with Crippen molar-refractivity contribution in [1.82, 2.24) is 4.90 Å². The van der Waals surface area contributed by atoms with Gasteiger partial charge < -0.3 is 15.3 Å². The van der Waals surface area contributed by atoms with Gasteiger partial charge in [0, 0.05) is 6.54 Å². The van der Waals surface area contributed by atoms with E-state index in [2.05, 4.69) is 0 Å². The third-order valence-corrected chi connectivity index (χ3v) is 1.85. The molecule has 0 rings (SSSR count). The molecule has 2 unspecified atom stereocenters. The number of hydrogen-bond acceptors (Lipinski definition) is 4. The van der Waals surface area contributed by atoms with Crippen LogP contribution in [0.5, 0.6) is 0 Å². The molecule has 0 aromatic carbocycles. The van der Waals surface area contributed by atoms with E-state index in [1.165, 1.54) is 4.90 Å². The lowest BCUT2D eigenvalue weighted by Gasteiger charge is -2.30. The van der Waals surface area contributed by atoms with Crippen molar-refractivity contribution in [2.45, 2.75) is 39.1 Å². The Labute approximate surface area is 73.4 Å². The maximum atomic E-state index is 9.41. The molecule has 3 N–H and O–H groups in total. The first-order chi connectivity index (χ1) is 5.67. The molecule has 0 radical (unpaired) electrons. The molecule has 4 heteroatoms. The van der Waals surface area contributed by atoms with Crippen molar-refractivity contribution >= 4 is 0 Å². The van der Waals surface area contributed by atoms with Gasteiger partial charge >= 0.3 is 0 Å². The van der Waals surface area contributed by atoms with Gasteiger partial charge in [-0.3, -0.25) is 4.90 Å². The summed E-state index contributed by atoms with van der Waals surface area (Å²) in [5, 5.41) is 27.5. The number of aliphatic hydroxyl groups is 3. The molecule has 0 saturated heterocycles. The van der Waals surface area contributed by atoms with Gasteiger partial charge in [-0.25, -0.2) is 0 Å². The summed E-state index contributed by atoms with van der Waals surface area (Å²) in [7, 11) is 0. The van der Waals surface area contributed by atoms with Crippen molar-refractivity contribution in [3.63, 3.8) is 0 Å². The van der Waals surface area contributed by atoms with E-state index in [1.807, 2.05) is 13.8 Å². The minimum absolute atomic E-state index is 0.0475. The molecule has 0 aliphatic heterocycles. The Morgan fingerprint density at radius 2 is 1.50 bits per heavy atom. The molecule has 0 aliphatic carbocycles. The van der Waals surface area contributed by atoms with E-state index in [-0.39, 0.29) is 6.61 Å². The lowest BCUT2D eigenvalue weighted by atomic mass is 10.3. The van der Waals surface area contributed by atoms with E-state index in [1.54, 1.807) is 0 Å². The fourth-order valence-corrected chi connectivity index (χ4v) is 1.08. The fourth-order valence-electron chi connectivity index (χ4n) is 1.08. The summed E-state index contributed by atoms with van der Waals surface area (Å²) < 4.78 is 0. The molecule has 74 valence electrons. The molecule has 0 aromatic heterocycles. The summed E-state index contributed by atoms with van der Waals surface area (Å²) in [5.41, 5.74) is 0. The van der Waals surface area contributed by atoms with Crippen molar-refractivity contribution < 1.29 is 15.3 Å². The summed E-state index contributed by atoms with van der Waals surface area (Å²) >= 11 is 0. The van der Waals surface area contributed by atoms with E-state index in [0.717, 1.165) is 0 Å². The molecule has 0 saturated carbocycles. The lowest BCUT2D eigenvalue weighted by Crippen LogP contribution is -2.44. The van der Waals surface area contributed by atoms with Gasteiger partial charge in [-0.1, -0.05) is 13.8 Å². The van der Waals surface area contributed by atoms with Gasteiger partial charge in [0.1, 0.15) is 12.5 Å². The largest absolute Gasteiger partial charge is 0.395 e. The predicted octanol–water partition coefficient (Wildman–Crippen LogP) is -0.263. The topological polar surface area (TPSA) is 63.9 Å². The highest BCUT2D eigenvalue weighted by atomic mass is 16.3. The Morgan fingerprint density at radius 3 is 1.75 bits per heavy atom. The van der Waals surface area contributed by atoms with Gasteiger partial charge in [0.15, 0.2) is 0 Å². The number of aliphatic hydroxyl groups excluding tert-OH is 3. The molecule has 12 heavy (non-hydrogen) atoms. The Balaban J connectivity index is 4.01. The SMILES string of the molecule is CCC(O)N(CCO)C(O)CC. The second-order valence-corrected chi connectivity index (χ2v) is 2.74. The van der Waals surface area contributed by atoms with Gasteiger partial charge in [0.05, 0.1) is 6.61 Å². The molecule has 0 spiro atoms. The van der Waals surface area contributed by atoms with E-state index >= 15 is 0 Å². The minimum Gasteiger partial charge on any atom is -0.395 e. The molecular weight excluding hydrogens is 158 g/mol. The van der Waals surface area contributed by atoms with Crippen LogP contribution in [0.15, 0.2) is 0 Å². The summed E-state index contributed by atoms with van der Waals surface area (Å²) in [4.78, 5) is 1.49. The quantitative estimate of drug-likeness (QED) is 0.489. The van der Waals surface area contributed by atoms with Gasteiger partial charge in [-0.05, 0) is 12.8 Å². The molecule has 0 aromatic rings. The highest BCUT2D eigenvalue weighted by Crippen LogP contribution is 2.06. The van der Waals surface area contributed by atoms with Gasteiger partial charge in [-0.2, -0.15) is 0 Å². The Morgan fingerprint density at radius 1 is 1.08 bits per heavy atom. The maximum Gasteiger partial charge on any atom is 0.109 e. The molecule has 0 fully saturated rings. The summed E-state index contributed by atoms with van der Waals surface area (Å²) in [6.45, 7) is 3.92. The van der Waals surface area contributed by atoms with Crippen LogP contribution in [0.4, 0.5) is 0 Å². The van der Waals surface area contributed by atoms with E-state index in [0.29, 0.717) is 19.4 Å². The summed E-state index contributed by atoms with van der Waals surface area (Å²) in [5.74, 6) is 0. The van der Waals surface area contributed by atoms with Crippen LogP contribution >= 0.6 is 0 Å². The van der Waals surface area contributed by atoms with Crippen molar-refractivity contribution in [1.29, 1.82) is 0 Å². The fraction of sp³-hybridized carbons (Fsp3) is 1.00. The van der Waals surface area contributed by atoms with Crippen molar-refractivity contribution in [2.24, 2.45) is 0 Å². The third kappa shape index (κ3) is 3.49. The summed E-state index contributed by atoms with van der Waals surface area (Å²) in [6, 6.07) is 0. The van der Waals surface area contributed by atoms with E-state index < -0.39 is 12.5 Å². The maximum absolute atomic E-state index is 9.41. The minimum atomic E-state index is -0.660. The monoisotopic (exact) mass is 177 g/mol. The average molecular weight is 177 g/mol. The third-order valence-electron chi connectivity index (χ3n) is 1.85. The zero-order valence-corrected chi connectivity index (χ0v) is 7.77. The van der Waals surface area contributed by atoms with Crippen LogP contribution in [-0.2, 0) is 0 Å². The Bertz CT molecular complexity index is 100. The van der Waals surface area contributed by atoms with Crippen LogP contribution in [0.25, 0.3) is 0 Å². The number of nitrogens with zero attached hydrogens (tertiary/aromatic N) is 1. The molecule has 0 heterocycles. The molecular formula is C8H19NO3. The van der Waals surface area contributed by atoms with E-state index in [4.69, 9.17) is 5.11 Å². The Hall–Kier alpha value is -0.160. The normalized spacial score (nSPS) is 16.5. The lowest BCUT2D eigenvalue weighted by molar-refractivity contribution is -0.108. The zero-order chi connectivity index (χ0) is 9.56. The summed E-state index contributed by atoms with van der Waals surface area (Å²) in [6.07, 6.45) is -0.215.